The first-order chi connectivity index (χ1) is 4.04. The van der Waals surface area contributed by atoms with Crippen LogP contribution in [0.4, 0.5) is 0 Å². The first kappa shape index (κ1) is 9.05. The lowest BCUT2D eigenvalue weighted by Gasteiger charge is -2.29. The molecule has 0 aromatic heterocycles. The maximum atomic E-state index is 5.74. The van der Waals surface area contributed by atoms with E-state index in [4.69, 9.17) is 10.5 Å². The molecule has 2 N–H and O–H groups in total. The fraction of sp³-hybridized carbons (Fsp3) is 1.00. The van der Waals surface area contributed by atoms with Crippen molar-refractivity contribution >= 4 is 15.7 Å². The van der Waals surface area contributed by atoms with Crippen LogP contribution in [-0.2, 0) is 4.74 Å². The van der Waals surface area contributed by atoms with Gasteiger partial charge in [-0.25, -0.2) is 0 Å². The molecule has 4 heteroatoms. The Hall–Kier alpha value is 0.0499. The van der Waals surface area contributed by atoms with E-state index in [-0.39, 0.29) is 11.4 Å². The van der Waals surface area contributed by atoms with Crippen molar-refractivity contribution in [3.8, 4) is 0 Å². The lowest BCUT2D eigenvalue weighted by Crippen LogP contribution is -2.50. The van der Waals surface area contributed by atoms with Gasteiger partial charge in [-0.15, -0.1) is 0 Å². The zero-order valence-electron chi connectivity index (χ0n) is 6.77. The molecule has 0 aliphatic rings. The van der Waals surface area contributed by atoms with Crippen LogP contribution in [-0.4, -0.2) is 34.2 Å². The topological polar surface area (TPSA) is 35.2 Å². The molecule has 0 radical (unpaired) electrons. The minimum Gasteiger partial charge on any atom is -0.394 e. The SMILES string of the molecule is BC(B)(OC)C(N)CC. The highest BCUT2D eigenvalue weighted by atomic mass is 16.5. The molecule has 0 spiro atoms. The molecule has 9 heavy (non-hydrogen) atoms. The number of ether oxygens (including phenoxy) is 1. The second-order valence-electron chi connectivity index (χ2n) is 2.82. The van der Waals surface area contributed by atoms with Crippen molar-refractivity contribution in [3.63, 3.8) is 0 Å². The van der Waals surface area contributed by atoms with Crippen molar-refractivity contribution in [3.05, 3.63) is 0 Å². The van der Waals surface area contributed by atoms with E-state index in [0.717, 1.165) is 6.42 Å². The first-order valence-electron chi connectivity index (χ1n) is 3.35. The van der Waals surface area contributed by atoms with Crippen LogP contribution in [0.15, 0.2) is 0 Å². The lowest BCUT2D eigenvalue weighted by atomic mass is 9.60. The Morgan fingerprint density at radius 3 is 2.22 bits per heavy atom. The summed E-state index contributed by atoms with van der Waals surface area (Å²) in [5.74, 6) is 0. The van der Waals surface area contributed by atoms with Crippen LogP contribution >= 0.6 is 0 Å². The zero-order valence-corrected chi connectivity index (χ0v) is 6.77. The van der Waals surface area contributed by atoms with Crippen LogP contribution in [0, 0.1) is 0 Å². The summed E-state index contributed by atoms with van der Waals surface area (Å²) in [5.41, 5.74) is 5.74. The van der Waals surface area contributed by atoms with Crippen LogP contribution in [0.1, 0.15) is 13.3 Å². The average molecular weight is 127 g/mol. The molecule has 0 saturated heterocycles. The second-order valence-corrected chi connectivity index (χ2v) is 2.82. The highest BCUT2D eigenvalue weighted by molar-refractivity contribution is 6.39. The lowest BCUT2D eigenvalue weighted by molar-refractivity contribution is 0.108. The van der Waals surface area contributed by atoms with E-state index in [1.807, 2.05) is 15.7 Å². The van der Waals surface area contributed by atoms with Gasteiger partial charge in [0.2, 0.25) is 0 Å². The summed E-state index contributed by atoms with van der Waals surface area (Å²) in [6, 6.07) is 0.141. The molecule has 52 valence electrons. The Morgan fingerprint density at radius 1 is 1.67 bits per heavy atom. The molecular weight excluding hydrogens is 112 g/mol. The summed E-state index contributed by atoms with van der Waals surface area (Å²) in [7, 11) is 5.69. The van der Waals surface area contributed by atoms with Gasteiger partial charge in [0.05, 0.1) is 0 Å². The highest BCUT2D eigenvalue weighted by Crippen LogP contribution is 2.05. The van der Waals surface area contributed by atoms with Gasteiger partial charge in [0, 0.05) is 18.6 Å². The number of hydrogen-bond donors (Lipinski definition) is 1. The molecule has 0 amide bonds. The molecule has 0 aromatic rings. The number of nitrogens with two attached hydrogens (primary N) is 1. The van der Waals surface area contributed by atoms with Crippen LogP contribution < -0.4 is 5.73 Å². The van der Waals surface area contributed by atoms with E-state index in [1.165, 1.54) is 0 Å². The molecule has 1 unspecified atom stereocenters. The number of methoxy groups -OCH3 is 1. The Bertz CT molecular complexity index is 87.0. The van der Waals surface area contributed by atoms with Gasteiger partial charge >= 0.3 is 0 Å². The second kappa shape index (κ2) is 3.28. The molecule has 0 rings (SSSR count). The van der Waals surface area contributed by atoms with Gasteiger partial charge < -0.3 is 10.5 Å². The number of hydrogen-bond acceptors (Lipinski definition) is 2. The summed E-state index contributed by atoms with van der Waals surface area (Å²) >= 11 is 0. The van der Waals surface area contributed by atoms with Crippen molar-refractivity contribution < 1.29 is 4.74 Å². The van der Waals surface area contributed by atoms with Crippen molar-refractivity contribution in [2.45, 2.75) is 24.8 Å². The quantitative estimate of drug-likeness (QED) is 0.458. The first-order valence-corrected chi connectivity index (χ1v) is 3.35. The Morgan fingerprint density at radius 2 is 2.11 bits per heavy atom. The monoisotopic (exact) mass is 127 g/mol. The molecular formula is C5H15B2NO. The molecule has 0 aromatic carbocycles. The molecule has 0 saturated carbocycles. The zero-order chi connectivity index (χ0) is 7.49. The molecule has 0 aliphatic carbocycles. The van der Waals surface area contributed by atoms with Gasteiger partial charge in [0.25, 0.3) is 0 Å². The Kier molecular flexibility index (Phi) is 3.29. The van der Waals surface area contributed by atoms with Crippen LogP contribution in [0.3, 0.4) is 0 Å². The smallest absolute Gasteiger partial charge is 0.133 e. The van der Waals surface area contributed by atoms with E-state index in [1.54, 1.807) is 7.11 Å². The van der Waals surface area contributed by atoms with Gasteiger partial charge in [0.15, 0.2) is 0 Å². The Labute approximate surface area is 59.0 Å². The van der Waals surface area contributed by atoms with Crippen LogP contribution in [0.25, 0.3) is 0 Å². The maximum Gasteiger partial charge on any atom is 0.133 e. The molecule has 0 fully saturated rings. The largest absolute Gasteiger partial charge is 0.394 e. The summed E-state index contributed by atoms with van der Waals surface area (Å²) in [4.78, 5) is 0. The van der Waals surface area contributed by atoms with E-state index < -0.39 is 0 Å². The molecule has 0 bridgehead atoms. The fourth-order valence-electron chi connectivity index (χ4n) is 0.643. The average Bonchev–Trinajstić information content (AvgIpc) is 1.86. The van der Waals surface area contributed by atoms with Gasteiger partial charge in [-0.1, -0.05) is 6.92 Å². The van der Waals surface area contributed by atoms with Crippen molar-refractivity contribution in [2.75, 3.05) is 7.11 Å². The standard InChI is InChI=1S/C5H15B2NO/c1-3-4(8)5(6,7)9-2/h4H,3,6-8H2,1-2H3. The summed E-state index contributed by atoms with van der Waals surface area (Å²) in [6.45, 7) is 2.06. The molecule has 2 nitrogen and oxygen atoms in total. The summed E-state index contributed by atoms with van der Waals surface area (Å²) in [6.07, 6.45) is 0.959. The number of rotatable bonds is 3. The van der Waals surface area contributed by atoms with E-state index in [2.05, 4.69) is 6.92 Å². The maximum absolute atomic E-state index is 5.74. The van der Waals surface area contributed by atoms with E-state index >= 15 is 0 Å². The minimum atomic E-state index is -0.172. The van der Waals surface area contributed by atoms with Crippen molar-refractivity contribution in [1.29, 1.82) is 0 Å². The van der Waals surface area contributed by atoms with Gasteiger partial charge in [-0.2, -0.15) is 0 Å². The van der Waals surface area contributed by atoms with Gasteiger partial charge in [0.1, 0.15) is 15.7 Å². The predicted octanol–water partition coefficient (Wildman–Crippen LogP) is -1.71. The van der Waals surface area contributed by atoms with E-state index in [9.17, 15) is 0 Å². The van der Waals surface area contributed by atoms with E-state index in [0.29, 0.717) is 0 Å². The summed E-state index contributed by atoms with van der Waals surface area (Å²) in [5, 5.41) is -0.172. The fourth-order valence-corrected chi connectivity index (χ4v) is 0.643. The third kappa shape index (κ3) is 2.41. The molecule has 0 aliphatic heterocycles. The van der Waals surface area contributed by atoms with Crippen LogP contribution in [0.2, 0.25) is 0 Å². The third-order valence-corrected chi connectivity index (χ3v) is 1.86. The minimum absolute atomic E-state index is 0.141. The molecule has 1 atom stereocenters. The van der Waals surface area contributed by atoms with Crippen LogP contribution in [0.5, 0.6) is 0 Å². The highest BCUT2D eigenvalue weighted by Gasteiger charge is 2.23. The predicted molar refractivity (Wildman–Crippen MR) is 45.1 cm³/mol. The van der Waals surface area contributed by atoms with Gasteiger partial charge in [-0.3, -0.25) is 0 Å². The van der Waals surface area contributed by atoms with Crippen molar-refractivity contribution in [2.24, 2.45) is 5.73 Å². The third-order valence-electron chi connectivity index (χ3n) is 1.86. The normalized spacial score (nSPS) is 15.4. The Balaban J connectivity index is 3.80. The molecule has 0 heterocycles. The van der Waals surface area contributed by atoms with Gasteiger partial charge in [-0.05, 0) is 6.42 Å². The summed E-state index contributed by atoms with van der Waals surface area (Å²) < 4.78 is 5.17. The van der Waals surface area contributed by atoms with Crippen molar-refractivity contribution in [1.82, 2.24) is 0 Å².